The first kappa shape index (κ1) is 24.2. The molecule has 0 amide bonds. The van der Waals surface area contributed by atoms with Gasteiger partial charge in [0.1, 0.15) is 0 Å². The van der Waals surface area contributed by atoms with Crippen LogP contribution >= 0.6 is 25.4 Å². The fourth-order valence-corrected chi connectivity index (χ4v) is 4.88. The van der Waals surface area contributed by atoms with Crippen molar-refractivity contribution < 1.29 is 18.7 Å². The van der Waals surface area contributed by atoms with Gasteiger partial charge in [-0.05, 0) is 25.7 Å². The molecule has 7 heteroatoms. The van der Waals surface area contributed by atoms with Crippen LogP contribution in [0.2, 0.25) is 0 Å². The van der Waals surface area contributed by atoms with Gasteiger partial charge in [0.25, 0.3) is 0 Å². The summed E-state index contributed by atoms with van der Waals surface area (Å²) in [7, 11) is 5.01. The Morgan fingerprint density at radius 1 is 0.880 bits per heavy atom. The van der Waals surface area contributed by atoms with E-state index in [1.807, 2.05) is 6.92 Å². The summed E-state index contributed by atoms with van der Waals surface area (Å²) in [5.41, 5.74) is 0. The lowest BCUT2D eigenvalue weighted by molar-refractivity contribution is -0.213. The number of ether oxygens (including phenoxy) is 3. The van der Waals surface area contributed by atoms with E-state index >= 15 is 0 Å². The smallest absolute Gasteiger partial charge is 0.160 e. The Morgan fingerprint density at radius 2 is 1.48 bits per heavy atom. The van der Waals surface area contributed by atoms with Crippen LogP contribution in [0.15, 0.2) is 0 Å². The van der Waals surface area contributed by atoms with Crippen molar-refractivity contribution in [2.45, 2.75) is 67.0 Å². The molecule has 150 valence electrons. The first-order valence-corrected chi connectivity index (χ1v) is 14.0. The number of hydrogen-bond donors (Lipinski definition) is 0. The van der Waals surface area contributed by atoms with Crippen LogP contribution in [0.1, 0.15) is 48.5 Å². The van der Waals surface area contributed by atoms with Gasteiger partial charge in [-0.1, -0.05) is 52.5 Å². The maximum Gasteiger partial charge on any atom is 0.160 e. The molecule has 0 saturated carbocycles. The molecule has 0 bridgehead atoms. The molecular formula is C18H39O4P3. The van der Waals surface area contributed by atoms with Crippen LogP contribution in [0.4, 0.5) is 0 Å². The molecule has 2 aliphatic heterocycles. The minimum Gasteiger partial charge on any atom is -0.378 e. The summed E-state index contributed by atoms with van der Waals surface area (Å²) < 4.78 is 22.6. The molecule has 2 rings (SSSR count). The molecular weight excluding hydrogens is 373 g/mol. The minimum absolute atomic E-state index is 0.0289. The molecule has 4 nitrogen and oxygen atoms in total. The molecule has 0 aliphatic carbocycles. The average Bonchev–Trinajstić information content (AvgIpc) is 2.56. The van der Waals surface area contributed by atoms with Crippen LogP contribution in [-0.4, -0.2) is 38.3 Å². The molecule has 0 radical (unpaired) electrons. The second kappa shape index (κ2) is 11.9. The molecule has 2 aliphatic rings. The van der Waals surface area contributed by atoms with E-state index < -0.39 is 7.53 Å². The summed E-state index contributed by atoms with van der Waals surface area (Å²) in [5.74, 6) is 2.90. The van der Waals surface area contributed by atoms with Crippen molar-refractivity contribution in [3.63, 3.8) is 0 Å². The molecule has 25 heavy (non-hydrogen) atoms. The Morgan fingerprint density at radius 3 is 2.04 bits per heavy atom. The lowest BCUT2D eigenvalue weighted by Gasteiger charge is -2.39. The highest BCUT2D eigenvalue weighted by molar-refractivity contribution is 8.41. The Labute approximate surface area is 160 Å². The standard InChI is InChI=1S/C10H20O2.C8H19O2P3/c1-5-11-10-9(4)8(3)7(2)6-12-10;1-5-4-9-7(3)6(2)8(5)10-13(11)12/h7-10H,5-6H2,1-4H3;5-8H,4,11-12H2,1-3H3. The molecule has 0 spiro atoms. The van der Waals surface area contributed by atoms with Crippen LogP contribution < -0.4 is 0 Å². The van der Waals surface area contributed by atoms with Gasteiger partial charge < -0.3 is 18.7 Å². The van der Waals surface area contributed by atoms with Crippen molar-refractivity contribution in [1.29, 1.82) is 0 Å². The van der Waals surface area contributed by atoms with Crippen LogP contribution in [0.3, 0.4) is 0 Å². The third-order valence-electron chi connectivity index (χ3n) is 5.70. The predicted octanol–water partition coefficient (Wildman–Crippen LogP) is 5.33. The number of rotatable bonds is 4. The molecule has 2 saturated heterocycles. The van der Waals surface area contributed by atoms with Crippen LogP contribution in [0.5, 0.6) is 0 Å². The van der Waals surface area contributed by atoms with Crippen LogP contribution in [-0.2, 0) is 18.7 Å². The monoisotopic (exact) mass is 412 g/mol. The van der Waals surface area contributed by atoms with Gasteiger partial charge in [-0.15, -0.1) is 0 Å². The number of hydrogen-bond acceptors (Lipinski definition) is 4. The second-order valence-corrected chi connectivity index (χ2v) is 13.4. The molecule has 2 fully saturated rings. The second-order valence-electron chi connectivity index (χ2n) is 7.66. The summed E-state index contributed by atoms with van der Waals surface area (Å²) in [6, 6.07) is 0. The van der Waals surface area contributed by atoms with Gasteiger partial charge in [0.2, 0.25) is 0 Å². The normalized spacial score (nSPS) is 42.0. The van der Waals surface area contributed by atoms with E-state index in [1.165, 1.54) is 0 Å². The van der Waals surface area contributed by atoms with Gasteiger partial charge in [0, 0.05) is 24.4 Å². The SMILES string of the molecule is CC1COC(C)C(C)C1OP(P)P.CCOC1OCC(C)C(C)C1C. The summed E-state index contributed by atoms with van der Waals surface area (Å²) in [5, 5.41) is 0. The quantitative estimate of drug-likeness (QED) is 0.585. The summed E-state index contributed by atoms with van der Waals surface area (Å²) in [6.07, 6.45) is 0.706. The summed E-state index contributed by atoms with van der Waals surface area (Å²) in [4.78, 5) is 0. The highest BCUT2D eigenvalue weighted by atomic mass is 32.4. The van der Waals surface area contributed by atoms with Crippen LogP contribution in [0.25, 0.3) is 0 Å². The molecule has 0 aromatic rings. The van der Waals surface area contributed by atoms with Gasteiger partial charge in [0.15, 0.2) is 6.29 Å². The van der Waals surface area contributed by atoms with Crippen molar-refractivity contribution in [3.05, 3.63) is 0 Å². The zero-order valence-corrected chi connectivity index (χ0v) is 20.2. The van der Waals surface area contributed by atoms with Crippen molar-refractivity contribution >= 4 is 25.4 Å². The van der Waals surface area contributed by atoms with E-state index in [0.717, 1.165) is 19.8 Å². The predicted molar refractivity (Wildman–Crippen MR) is 114 cm³/mol. The average molecular weight is 412 g/mol. The Kier molecular flexibility index (Phi) is 11.5. The largest absolute Gasteiger partial charge is 0.378 e. The van der Waals surface area contributed by atoms with E-state index in [2.05, 4.69) is 59.4 Å². The first-order chi connectivity index (χ1) is 11.7. The molecule has 10 atom stereocenters. The van der Waals surface area contributed by atoms with E-state index in [1.54, 1.807) is 0 Å². The Balaban J connectivity index is 0.000000251. The molecule has 10 unspecified atom stereocenters. The molecule has 0 aromatic carbocycles. The minimum atomic E-state index is -0.418. The Bertz CT molecular complexity index is 372. The highest BCUT2D eigenvalue weighted by Gasteiger charge is 2.34. The lowest BCUT2D eigenvalue weighted by atomic mass is 9.83. The molecule has 2 heterocycles. The first-order valence-electron chi connectivity index (χ1n) is 9.50. The van der Waals surface area contributed by atoms with Gasteiger partial charge in [0.05, 0.1) is 32.9 Å². The molecule has 0 aromatic heterocycles. The molecule has 0 N–H and O–H groups in total. The van der Waals surface area contributed by atoms with E-state index in [9.17, 15) is 0 Å². The topological polar surface area (TPSA) is 36.9 Å². The van der Waals surface area contributed by atoms with E-state index in [4.69, 9.17) is 18.7 Å². The van der Waals surface area contributed by atoms with Crippen molar-refractivity contribution in [3.8, 4) is 0 Å². The fraction of sp³-hybridized carbons (Fsp3) is 1.00. The van der Waals surface area contributed by atoms with Gasteiger partial charge >= 0.3 is 0 Å². The third kappa shape index (κ3) is 7.57. The van der Waals surface area contributed by atoms with E-state index in [-0.39, 0.29) is 6.29 Å². The summed E-state index contributed by atoms with van der Waals surface area (Å²) in [6.45, 7) is 17.7. The van der Waals surface area contributed by atoms with E-state index in [0.29, 0.717) is 41.8 Å². The van der Waals surface area contributed by atoms with Crippen molar-refractivity contribution in [1.82, 2.24) is 0 Å². The maximum atomic E-state index is 5.90. The Hall–Kier alpha value is 1.13. The highest BCUT2D eigenvalue weighted by Crippen LogP contribution is 2.56. The van der Waals surface area contributed by atoms with Gasteiger partial charge in [-0.3, -0.25) is 0 Å². The van der Waals surface area contributed by atoms with Crippen molar-refractivity contribution in [2.75, 3.05) is 19.8 Å². The van der Waals surface area contributed by atoms with Gasteiger partial charge in [-0.25, -0.2) is 0 Å². The van der Waals surface area contributed by atoms with Crippen LogP contribution in [0, 0.1) is 29.6 Å². The fourth-order valence-electron chi connectivity index (χ4n) is 3.36. The lowest BCUT2D eigenvalue weighted by Crippen LogP contribution is -2.42. The van der Waals surface area contributed by atoms with Gasteiger partial charge in [-0.2, -0.15) is 0 Å². The van der Waals surface area contributed by atoms with Crippen molar-refractivity contribution in [2.24, 2.45) is 29.6 Å². The maximum absolute atomic E-state index is 5.90. The summed E-state index contributed by atoms with van der Waals surface area (Å²) >= 11 is 0. The zero-order valence-electron chi connectivity index (χ0n) is 17.0. The third-order valence-corrected chi connectivity index (χ3v) is 6.91. The zero-order chi connectivity index (χ0) is 19.1.